The van der Waals surface area contributed by atoms with Crippen molar-refractivity contribution in [1.82, 2.24) is 14.7 Å². The van der Waals surface area contributed by atoms with Crippen molar-refractivity contribution in [3.8, 4) is 5.69 Å². The number of hydrogen-bond acceptors (Lipinski definition) is 4. The highest BCUT2D eigenvalue weighted by molar-refractivity contribution is 5.94. The van der Waals surface area contributed by atoms with Gasteiger partial charge in [-0.15, -0.1) is 0 Å². The predicted molar refractivity (Wildman–Crippen MR) is 109 cm³/mol. The molecule has 1 amide bonds. The van der Waals surface area contributed by atoms with Crippen molar-refractivity contribution >= 4 is 11.9 Å². The normalized spacial score (nSPS) is 16.4. The first-order valence-corrected chi connectivity index (χ1v) is 10.1. The van der Waals surface area contributed by atoms with Crippen molar-refractivity contribution in [3.63, 3.8) is 0 Å². The van der Waals surface area contributed by atoms with Crippen LogP contribution in [0.5, 0.6) is 0 Å². The molecule has 0 bridgehead atoms. The minimum atomic E-state index is -0.815. The summed E-state index contributed by atoms with van der Waals surface area (Å²) < 4.78 is 7.30. The fourth-order valence-electron chi connectivity index (χ4n) is 3.89. The van der Waals surface area contributed by atoms with Gasteiger partial charge in [0.1, 0.15) is 0 Å². The summed E-state index contributed by atoms with van der Waals surface area (Å²) in [5, 5.41) is 13.5. The highest BCUT2D eigenvalue weighted by atomic mass is 16.5. The molecule has 1 aromatic carbocycles. The summed E-state index contributed by atoms with van der Waals surface area (Å²) in [6.45, 7) is 8.74. The lowest BCUT2D eigenvalue weighted by Gasteiger charge is -2.17. The summed E-state index contributed by atoms with van der Waals surface area (Å²) in [6, 6.07) is 7.45. The van der Waals surface area contributed by atoms with Gasteiger partial charge in [-0.3, -0.25) is 9.59 Å². The molecule has 29 heavy (non-hydrogen) atoms. The largest absolute Gasteiger partial charge is 0.481 e. The average Bonchev–Trinajstić information content (AvgIpc) is 3.29. The van der Waals surface area contributed by atoms with Crippen molar-refractivity contribution in [2.75, 3.05) is 26.3 Å². The Labute approximate surface area is 171 Å². The van der Waals surface area contributed by atoms with E-state index in [-0.39, 0.29) is 12.3 Å². The molecule has 0 aliphatic carbocycles. The van der Waals surface area contributed by atoms with Crippen LogP contribution in [0.25, 0.3) is 5.69 Å². The van der Waals surface area contributed by atoms with E-state index >= 15 is 0 Å². The van der Waals surface area contributed by atoms with Gasteiger partial charge < -0.3 is 14.7 Å². The Kier molecular flexibility index (Phi) is 6.69. The van der Waals surface area contributed by atoms with Gasteiger partial charge in [-0.2, -0.15) is 5.10 Å². The van der Waals surface area contributed by atoms with E-state index in [1.54, 1.807) is 0 Å². The van der Waals surface area contributed by atoms with Crippen LogP contribution in [0.4, 0.5) is 0 Å². The average molecular weight is 399 g/mol. The Balaban J connectivity index is 1.70. The molecule has 7 nitrogen and oxygen atoms in total. The van der Waals surface area contributed by atoms with Crippen molar-refractivity contribution in [3.05, 3.63) is 46.8 Å². The number of nitrogens with zero attached hydrogens (tertiary/aromatic N) is 3. The number of carboxylic acids is 1. The minimum absolute atomic E-state index is 0.0473. The second-order valence-electron chi connectivity index (χ2n) is 7.57. The van der Waals surface area contributed by atoms with Gasteiger partial charge in [-0.05, 0) is 63.4 Å². The highest BCUT2D eigenvalue weighted by Crippen LogP contribution is 2.22. The molecule has 1 atom stereocenters. The van der Waals surface area contributed by atoms with Gasteiger partial charge in [0.2, 0.25) is 0 Å². The van der Waals surface area contributed by atoms with Crippen LogP contribution in [-0.2, 0) is 16.0 Å². The third-order valence-corrected chi connectivity index (χ3v) is 5.52. The van der Waals surface area contributed by atoms with Gasteiger partial charge in [0, 0.05) is 43.3 Å². The number of carbonyl (C=O) groups is 2. The topological polar surface area (TPSA) is 84.7 Å². The summed E-state index contributed by atoms with van der Waals surface area (Å²) in [5.41, 5.74) is 4.25. The Hall–Kier alpha value is -2.67. The zero-order chi connectivity index (χ0) is 21.0. The van der Waals surface area contributed by atoms with Gasteiger partial charge in [0.05, 0.1) is 18.0 Å². The molecule has 0 unspecified atom stereocenters. The third kappa shape index (κ3) is 4.85. The first-order valence-electron chi connectivity index (χ1n) is 10.1. The lowest BCUT2D eigenvalue weighted by atomic mass is 10.1. The Morgan fingerprint density at radius 3 is 2.62 bits per heavy atom. The maximum atomic E-state index is 12.8. The van der Waals surface area contributed by atoms with Crippen molar-refractivity contribution in [1.29, 1.82) is 0 Å². The zero-order valence-electron chi connectivity index (χ0n) is 17.4. The number of aryl methyl sites for hydroxylation is 1. The number of aromatic nitrogens is 2. The molecule has 0 spiro atoms. The molecule has 0 saturated carbocycles. The molecule has 3 rings (SSSR count). The summed E-state index contributed by atoms with van der Waals surface area (Å²) in [5.74, 6) is -0.354. The lowest BCUT2D eigenvalue weighted by molar-refractivity contribution is -0.136. The van der Waals surface area contributed by atoms with Crippen LogP contribution < -0.4 is 0 Å². The smallest absolute Gasteiger partial charge is 0.303 e. The van der Waals surface area contributed by atoms with Crippen LogP contribution in [-0.4, -0.2) is 58.0 Å². The van der Waals surface area contributed by atoms with E-state index in [0.717, 1.165) is 42.1 Å². The summed E-state index contributed by atoms with van der Waals surface area (Å²) in [4.78, 5) is 25.6. The summed E-state index contributed by atoms with van der Waals surface area (Å²) >= 11 is 0. The minimum Gasteiger partial charge on any atom is -0.481 e. The van der Waals surface area contributed by atoms with Gasteiger partial charge >= 0.3 is 5.97 Å². The van der Waals surface area contributed by atoms with Gasteiger partial charge in [-0.1, -0.05) is 0 Å². The third-order valence-electron chi connectivity index (χ3n) is 5.52. The van der Waals surface area contributed by atoms with E-state index in [1.165, 1.54) is 0 Å². The molecule has 2 heterocycles. The second kappa shape index (κ2) is 9.22. The SMILES string of the molecule is CCOC[C@@H]1CCN(C(=O)c2ccc(-n3nc(C)c(CCC(=O)O)c3C)cc2)C1. The van der Waals surface area contributed by atoms with E-state index < -0.39 is 5.97 Å². The standard InChI is InChI=1S/C22H29N3O4/c1-4-29-14-17-11-12-24(13-17)22(28)18-5-7-19(8-6-18)25-16(3)20(15(2)23-25)9-10-21(26)27/h5-8,17H,4,9-14H2,1-3H3,(H,26,27)/t17-/m1/s1. The monoisotopic (exact) mass is 399 g/mol. The molecule has 1 fully saturated rings. The first-order chi connectivity index (χ1) is 13.9. The van der Waals surface area contributed by atoms with Crippen LogP contribution in [0.1, 0.15) is 47.1 Å². The second-order valence-corrected chi connectivity index (χ2v) is 7.57. The van der Waals surface area contributed by atoms with Crippen LogP contribution >= 0.6 is 0 Å². The Morgan fingerprint density at radius 1 is 1.24 bits per heavy atom. The van der Waals surface area contributed by atoms with Gasteiger partial charge in [0.15, 0.2) is 0 Å². The summed E-state index contributed by atoms with van der Waals surface area (Å²) in [6.07, 6.45) is 1.52. The fourth-order valence-corrected chi connectivity index (χ4v) is 3.89. The molecule has 156 valence electrons. The molecule has 1 aromatic heterocycles. The lowest BCUT2D eigenvalue weighted by Crippen LogP contribution is -2.29. The molecule has 1 saturated heterocycles. The fraction of sp³-hybridized carbons (Fsp3) is 0.500. The van der Waals surface area contributed by atoms with Crippen molar-refractivity contribution in [2.45, 2.75) is 40.0 Å². The van der Waals surface area contributed by atoms with Crippen molar-refractivity contribution < 1.29 is 19.4 Å². The maximum Gasteiger partial charge on any atom is 0.303 e. The van der Waals surface area contributed by atoms with Crippen LogP contribution in [0, 0.1) is 19.8 Å². The van der Waals surface area contributed by atoms with E-state index in [1.807, 2.05) is 54.6 Å². The number of rotatable bonds is 8. The van der Waals surface area contributed by atoms with Gasteiger partial charge in [-0.25, -0.2) is 4.68 Å². The number of ether oxygens (including phenoxy) is 1. The number of carboxylic acid groups (broad SMARTS) is 1. The number of hydrogen-bond donors (Lipinski definition) is 1. The van der Waals surface area contributed by atoms with Gasteiger partial charge in [0.25, 0.3) is 5.91 Å². The number of carbonyl (C=O) groups excluding carboxylic acids is 1. The molecule has 1 N–H and O–H groups in total. The number of benzene rings is 1. The molecule has 1 aliphatic rings. The molecule has 0 radical (unpaired) electrons. The summed E-state index contributed by atoms with van der Waals surface area (Å²) in [7, 11) is 0. The number of likely N-dealkylation sites (tertiary alicyclic amines) is 1. The van der Waals surface area contributed by atoms with Crippen LogP contribution in [0.3, 0.4) is 0 Å². The quantitative estimate of drug-likeness (QED) is 0.738. The van der Waals surface area contributed by atoms with Crippen LogP contribution in [0.2, 0.25) is 0 Å². The molecule has 2 aromatic rings. The predicted octanol–water partition coefficient (Wildman–Crippen LogP) is 3.00. The van der Waals surface area contributed by atoms with Crippen molar-refractivity contribution in [2.24, 2.45) is 5.92 Å². The van der Waals surface area contributed by atoms with E-state index in [2.05, 4.69) is 5.10 Å². The molecular weight excluding hydrogens is 370 g/mol. The molecule has 1 aliphatic heterocycles. The van der Waals surface area contributed by atoms with Crippen LogP contribution in [0.15, 0.2) is 24.3 Å². The molecular formula is C22H29N3O4. The highest BCUT2D eigenvalue weighted by Gasteiger charge is 2.27. The van der Waals surface area contributed by atoms with E-state index in [4.69, 9.17) is 9.84 Å². The Morgan fingerprint density at radius 2 is 1.97 bits per heavy atom. The molecule has 7 heteroatoms. The zero-order valence-corrected chi connectivity index (χ0v) is 17.4. The maximum absolute atomic E-state index is 12.8. The van der Waals surface area contributed by atoms with E-state index in [9.17, 15) is 9.59 Å². The Bertz CT molecular complexity index is 873. The van der Waals surface area contributed by atoms with E-state index in [0.29, 0.717) is 31.1 Å². The first kappa shape index (κ1) is 21.0. The number of aliphatic carboxylic acids is 1. The number of amides is 1.